The first-order valence-corrected chi connectivity index (χ1v) is 10.6. The number of hydrogen-bond donors (Lipinski definition) is 2. The van der Waals surface area contributed by atoms with Gasteiger partial charge in [0.05, 0.1) is 35.2 Å². The zero-order chi connectivity index (χ0) is 21.7. The first-order chi connectivity index (χ1) is 14.4. The van der Waals surface area contributed by atoms with Crippen molar-refractivity contribution >= 4 is 29.1 Å². The van der Waals surface area contributed by atoms with Gasteiger partial charge in [-0.1, -0.05) is 41.4 Å². The van der Waals surface area contributed by atoms with E-state index in [4.69, 9.17) is 33.0 Å². The second-order valence-corrected chi connectivity index (χ2v) is 8.27. The lowest BCUT2D eigenvalue weighted by atomic mass is 10.0. The average molecular weight is 453 g/mol. The van der Waals surface area contributed by atoms with Crippen LogP contribution in [0.4, 0.5) is 0 Å². The molecule has 2 aromatic rings. The van der Waals surface area contributed by atoms with Crippen LogP contribution in [0.1, 0.15) is 17.2 Å². The van der Waals surface area contributed by atoms with E-state index in [9.17, 15) is 9.90 Å². The van der Waals surface area contributed by atoms with Gasteiger partial charge in [0, 0.05) is 26.7 Å². The number of likely N-dealkylation sites (tertiary alicyclic amines) is 1. The molecular formula is C22H26Cl2N2O4. The molecule has 0 bridgehead atoms. The van der Waals surface area contributed by atoms with Crippen LogP contribution in [0.25, 0.3) is 0 Å². The topological polar surface area (TPSA) is 73.2 Å². The van der Waals surface area contributed by atoms with E-state index < -0.39 is 0 Å². The maximum atomic E-state index is 13.0. The normalized spacial score (nSPS) is 15.5. The number of amides is 1. The van der Waals surface area contributed by atoms with Gasteiger partial charge in [-0.05, 0) is 35.4 Å². The number of aliphatic hydroxyl groups excluding tert-OH is 2. The third kappa shape index (κ3) is 5.86. The molecule has 0 aliphatic carbocycles. The molecule has 0 aromatic heterocycles. The van der Waals surface area contributed by atoms with E-state index in [0.717, 1.165) is 11.1 Å². The van der Waals surface area contributed by atoms with Crippen LogP contribution in [0.2, 0.25) is 10.0 Å². The predicted octanol–water partition coefficient (Wildman–Crippen LogP) is 2.78. The summed E-state index contributed by atoms with van der Waals surface area (Å²) >= 11 is 12.0. The van der Waals surface area contributed by atoms with Gasteiger partial charge >= 0.3 is 0 Å². The Morgan fingerprint density at radius 2 is 1.90 bits per heavy atom. The van der Waals surface area contributed by atoms with Crippen LogP contribution < -0.4 is 4.74 Å². The molecule has 1 heterocycles. The molecule has 162 valence electrons. The highest BCUT2D eigenvalue weighted by Crippen LogP contribution is 2.27. The van der Waals surface area contributed by atoms with Crippen molar-refractivity contribution in [1.29, 1.82) is 0 Å². The molecule has 1 fully saturated rings. The summed E-state index contributed by atoms with van der Waals surface area (Å²) < 4.78 is 5.43. The Balaban J connectivity index is 1.74. The minimum atomic E-state index is -0.308. The Kier molecular flexibility index (Phi) is 7.97. The van der Waals surface area contributed by atoms with Crippen molar-refractivity contribution in [3.05, 3.63) is 63.6 Å². The van der Waals surface area contributed by atoms with Gasteiger partial charge in [0.2, 0.25) is 5.91 Å². The first kappa shape index (κ1) is 22.8. The maximum Gasteiger partial charge on any atom is 0.227 e. The van der Waals surface area contributed by atoms with Crippen LogP contribution in [-0.2, 0) is 11.2 Å². The Hall–Kier alpha value is -1.83. The quantitative estimate of drug-likeness (QED) is 0.611. The molecule has 1 amide bonds. The standard InChI is InChI=1S/C22H26Cl2N2O4/c1-25(22(29)11-15-2-7-19(23)20(24)10-15)21(14-26-12-17(28)13-26)16-3-5-18(6-4-16)30-9-8-27/h2-7,10,17,21,27-28H,8-9,11-14H2,1H3. The van der Waals surface area contributed by atoms with Gasteiger partial charge in [-0.25, -0.2) is 0 Å². The zero-order valence-electron chi connectivity index (χ0n) is 16.8. The van der Waals surface area contributed by atoms with Gasteiger partial charge in [-0.2, -0.15) is 0 Å². The predicted molar refractivity (Wildman–Crippen MR) is 117 cm³/mol. The van der Waals surface area contributed by atoms with Crippen molar-refractivity contribution in [2.24, 2.45) is 0 Å². The molecule has 2 aromatic carbocycles. The fourth-order valence-electron chi connectivity index (χ4n) is 3.46. The minimum Gasteiger partial charge on any atom is -0.491 e. The van der Waals surface area contributed by atoms with E-state index in [0.29, 0.717) is 35.4 Å². The highest BCUT2D eigenvalue weighted by molar-refractivity contribution is 6.42. The Bertz CT molecular complexity index is 857. The summed E-state index contributed by atoms with van der Waals surface area (Å²) in [7, 11) is 1.79. The van der Waals surface area contributed by atoms with Crippen LogP contribution in [0.3, 0.4) is 0 Å². The van der Waals surface area contributed by atoms with Gasteiger partial charge in [0.15, 0.2) is 0 Å². The molecule has 0 saturated carbocycles. The SMILES string of the molecule is CN(C(=O)Cc1ccc(Cl)c(Cl)c1)C(CN1CC(O)C1)c1ccc(OCCO)cc1. The molecule has 6 nitrogen and oxygen atoms in total. The molecule has 3 rings (SSSR count). The zero-order valence-corrected chi connectivity index (χ0v) is 18.3. The van der Waals surface area contributed by atoms with E-state index in [2.05, 4.69) is 4.90 Å². The van der Waals surface area contributed by atoms with E-state index in [-0.39, 0.29) is 37.7 Å². The van der Waals surface area contributed by atoms with Crippen LogP contribution in [0, 0.1) is 0 Å². The van der Waals surface area contributed by atoms with E-state index in [1.54, 1.807) is 30.1 Å². The number of hydrogen-bond acceptors (Lipinski definition) is 5. The molecule has 1 aliphatic heterocycles. The number of likely N-dealkylation sites (N-methyl/N-ethyl adjacent to an activating group) is 1. The molecule has 30 heavy (non-hydrogen) atoms. The molecule has 0 radical (unpaired) electrons. The number of halogens is 2. The number of carbonyl (C=O) groups excluding carboxylic acids is 1. The number of rotatable bonds is 9. The smallest absolute Gasteiger partial charge is 0.227 e. The van der Waals surface area contributed by atoms with Crippen LogP contribution in [0.5, 0.6) is 5.75 Å². The number of benzene rings is 2. The van der Waals surface area contributed by atoms with Gasteiger partial charge in [-0.3, -0.25) is 9.69 Å². The average Bonchev–Trinajstić information content (AvgIpc) is 2.71. The Labute approximate surface area is 186 Å². The number of β-amino-alcohol motifs (C(OH)–C–C–N with tert-alkyl or cyclic N) is 1. The molecule has 2 N–H and O–H groups in total. The third-order valence-corrected chi connectivity index (χ3v) is 5.93. The van der Waals surface area contributed by atoms with Gasteiger partial charge in [0.1, 0.15) is 12.4 Å². The van der Waals surface area contributed by atoms with Gasteiger partial charge in [0.25, 0.3) is 0 Å². The van der Waals surface area contributed by atoms with E-state index in [1.807, 2.05) is 24.3 Å². The first-order valence-electron chi connectivity index (χ1n) is 9.81. The molecule has 8 heteroatoms. The minimum absolute atomic E-state index is 0.0416. The highest BCUT2D eigenvalue weighted by Gasteiger charge is 2.30. The summed E-state index contributed by atoms with van der Waals surface area (Å²) in [4.78, 5) is 16.9. The molecule has 1 aliphatic rings. The summed E-state index contributed by atoms with van der Waals surface area (Å²) in [6, 6.07) is 12.5. The summed E-state index contributed by atoms with van der Waals surface area (Å²) in [6.45, 7) is 2.01. The van der Waals surface area contributed by atoms with Crippen LogP contribution in [-0.4, -0.2) is 71.9 Å². The summed E-state index contributed by atoms with van der Waals surface area (Å²) in [6.07, 6.45) is -0.0957. The van der Waals surface area contributed by atoms with Gasteiger partial charge in [-0.15, -0.1) is 0 Å². The lowest BCUT2D eigenvalue weighted by Gasteiger charge is -2.40. The summed E-state index contributed by atoms with van der Waals surface area (Å²) in [5.74, 6) is 0.621. The number of aliphatic hydroxyl groups is 2. The highest BCUT2D eigenvalue weighted by atomic mass is 35.5. The van der Waals surface area contributed by atoms with Crippen molar-refractivity contribution in [3.63, 3.8) is 0 Å². The Morgan fingerprint density at radius 3 is 2.50 bits per heavy atom. The second-order valence-electron chi connectivity index (χ2n) is 7.46. The van der Waals surface area contributed by atoms with Gasteiger partial charge < -0.3 is 19.8 Å². The molecule has 1 saturated heterocycles. The number of nitrogens with zero attached hydrogens (tertiary/aromatic N) is 2. The molecule has 1 atom stereocenters. The van der Waals surface area contributed by atoms with Crippen molar-refractivity contribution in [2.75, 3.05) is 39.9 Å². The third-order valence-electron chi connectivity index (χ3n) is 5.19. The number of ether oxygens (including phenoxy) is 1. The fourth-order valence-corrected chi connectivity index (χ4v) is 3.78. The fraction of sp³-hybridized carbons (Fsp3) is 0.409. The van der Waals surface area contributed by atoms with Crippen LogP contribution >= 0.6 is 23.2 Å². The van der Waals surface area contributed by atoms with E-state index >= 15 is 0 Å². The monoisotopic (exact) mass is 452 g/mol. The van der Waals surface area contributed by atoms with E-state index in [1.165, 1.54) is 0 Å². The molecule has 1 unspecified atom stereocenters. The largest absolute Gasteiger partial charge is 0.491 e. The maximum absolute atomic E-state index is 13.0. The summed E-state index contributed by atoms with van der Waals surface area (Å²) in [5.41, 5.74) is 1.77. The van der Waals surface area contributed by atoms with Crippen molar-refractivity contribution < 1.29 is 19.7 Å². The van der Waals surface area contributed by atoms with Crippen molar-refractivity contribution in [2.45, 2.75) is 18.6 Å². The molecular weight excluding hydrogens is 427 g/mol. The molecule has 0 spiro atoms. The lowest BCUT2D eigenvalue weighted by molar-refractivity contribution is -0.132. The summed E-state index contributed by atoms with van der Waals surface area (Å²) in [5, 5.41) is 19.4. The number of carbonyl (C=O) groups is 1. The Morgan fingerprint density at radius 1 is 1.20 bits per heavy atom. The van der Waals surface area contributed by atoms with Crippen LogP contribution in [0.15, 0.2) is 42.5 Å². The second kappa shape index (κ2) is 10.5. The van der Waals surface area contributed by atoms with Crippen molar-refractivity contribution in [3.8, 4) is 5.75 Å². The van der Waals surface area contributed by atoms with Crippen molar-refractivity contribution in [1.82, 2.24) is 9.80 Å². The lowest BCUT2D eigenvalue weighted by Crippen LogP contribution is -2.53.